The Morgan fingerprint density at radius 2 is 1.86 bits per heavy atom. The molecule has 0 bridgehead atoms. The van der Waals surface area contributed by atoms with E-state index in [1.54, 1.807) is 0 Å². The summed E-state index contributed by atoms with van der Waals surface area (Å²) in [6, 6.07) is 0.495. The molecule has 1 rings (SSSR count). The Kier molecular flexibility index (Phi) is 4.37. The minimum Gasteiger partial charge on any atom is -0.312 e. The third-order valence-corrected chi connectivity index (χ3v) is 2.84. The lowest BCUT2D eigenvalue weighted by molar-refractivity contribution is -0.0954. The fourth-order valence-corrected chi connectivity index (χ4v) is 2.15. The summed E-state index contributed by atoms with van der Waals surface area (Å²) in [7, 11) is 0. The van der Waals surface area contributed by atoms with Crippen LogP contribution in [0.1, 0.15) is 13.8 Å². The van der Waals surface area contributed by atoms with Gasteiger partial charge in [-0.25, -0.2) is 9.19 Å². The lowest BCUT2D eigenvalue weighted by Crippen LogP contribution is -2.48. The van der Waals surface area contributed by atoms with Crippen molar-refractivity contribution in [2.45, 2.75) is 19.9 Å². The summed E-state index contributed by atoms with van der Waals surface area (Å²) >= 11 is 5.10. The fourth-order valence-electron chi connectivity index (χ4n) is 1.44. The van der Waals surface area contributed by atoms with Crippen LogP contribution >= 0.6 is 18.2 Å². The summed E-state index contributed by atoms with van der Waals surface area (Å²) in [4.78, 5) is 11.1. The third kappa shape index (κ3) is 4.26. The van der Waals surface area contributed by atoms with Gasteiger partial charge in [-0.05, 0) is 13.8 Å². The zero-order valence-electron chi connectivity index (χ0n) is 8.39. The molecule has 0 aromatic rings. The molecule has 1 aliphatic heterocycles. The smallest absolute Gasteiger partial charge is 0.312 e. The highest BCUT2D eigenvalue weighted by atomic mass is 35.7. The summed E-state index contributed by atoms with van der Waals surface area (Å²) in [5.74, 6) is 0. The van der Waals surface area contributed by atoms with Crippen molar-refractivity contribution in [3.8, 4) is 0 Å². The van der Waals surface area contributed by atoms with Gasteiger partial charge in [0.1, 0.15) is 0 Å². The molecule has 14 heavy (non-hydrogen) atoms. The Hall–Kier alpha value is 0.360. The fraction of sp³-hybridized carbons (Fsp3) is 1.00. The predicted octanol–water partition coefficient (Wildman–Crippen LogP) is 1.28. The number of hydrogen-bond acceptors (Lipinski definition) is 4. The minimum atomic E-state index is -3.90. The molecule has 0 aliphatic carbocycles. The molecular formula is C7H16ClN2O3P. The maximum atomic E-state index is 10.7. The standard InChI is InChI=1S/C7H16ClN2O3P/c1-7(2)9-3-5-10(6-4-9)13-14(8,11)12/h7H,3-6H2,1-2H3,(H,11,12). The van der Waals surface area contributed by atoms with E-state index in [9.17, 15) is 4.57 Å². The molecule has 1 atom stereocenters. The Labute approximate surface area is 88.9 Å². The molecule has 1 N–H and O–H groups in total. The number of halogens is 1. The van der Waals surface area contributed by atoms with E-state index in [4.69, 9.17) is 16.1 Å². The molecule has 1 saturated heterocycles. The van der Waals surface area contributed by atoms with Gasteiger partial charge in [0, 0.05) is 43.5 Å². The third-order valence-electron chi connectivity index (χ3n) is 2.22. The van der Waals surface area contributed by atoms with Crippen molar-refractivity contribution in [2.75, 3.05) is 26.2 Å². The van der Waals surface area contributed by atoms with Crippen LogP contribution in [0.25, 0.3) is 0 Å². The quantitative estimate of drug-likeness (QED) is 0.756. The first-order valence-electron chi connectivity index (χ1n) is 4.59. The van der Waals surface area contributed by atoms with Gasteiger partial charge in [0.15, 0.2) is 0 Å². The average Bonchev–Trinajstić information content (AvgIpc) is 2.02. The molecule has 0 spiro atoms. The van der Waals surface area contributed by atoms with Crippen LogP contribution in [0.2, 0.25) is 0 Å². The summed E-state index contributed by atoms with van der Waals surface area (Å²) in [6.45, 7) is 3.21. The molecule has 0 amide bonds. The molecule has 5 nitrogen and oxygen atoms in total. The number of nitrogens with zero attached hydrogens (tertiary/aromatic N) is 2. The highest BCUT2D eigenvalue weighted by Gasteiger charge is 2.25. The monoisotopic (exact) mass is 242 g/mol. The highest BCUT2D eigenvalue weighted by Crippen LogP contribution is 2.48. The van der Waals surface area contributed by atoms with Gasteiger partial charge in [-0.2, -0.15) is 5.06 Å². The van der Waals surface area contributed by atoms with E-state index in [0.29, 0.717) is 19.1 Å². The molecule has 0 saturated carbocycles. The number of rotatable bonds is 3. The Balaban J connectivity index is 2.33. The summed E-state index contributed by atoms with van der Waals surface area (Å²) in [5.41, 5.74) is 0. The maximum Gasteiger partial charge on any atom is 0.438 e. The second-order valence-corrected chi connectivity index (χ2v) is 5.94. The van der Waals surface area contributed by atoms with E-state index in [1.807, 2.05) is 0 Å². The Morgan fingerprint density at radius 1 is 1.36 bits per heavy atom. The van der Waals surface area contributed by atoms with Gasteiger partial charge in [-0.15, -0.1) is 0 Å². The lowest BCUT2D eigenvalue weighted by atomic mass is 10.3. The summed E-state index contributed by atoms with van der Waals surface area (Å²) < 4.78 is 15.4. The molecule has 1 heterocycles. The van der Waals surface area contributed by atoms with Crippen LogP contribution in [0, 0.1) is 0 Å². The topological polar surface area (TPSA) is 53.0 Å². The van der Waals surface area contributed by atoms with Crippen LogP contribution in [0.5, 0.6) is 0 Å². The SMILES string of the molecule is CC(C)N1CCN(OP(=O)(O)Cl)CC1. The molecule has 0 aromatic carbocycles. The van der Waals surface area contributed by atoms with Gasteiger partial charge in [0.05, 0.1) is 0 Å². The van der Waals surface area contributed by atoms with Crippen LogP contribution < -0.4 is 0 Å². The highest BCUT2D eigenvalue weighted by molar-refractivity contribution is 7.80. The van der Waals surface area contributed by atoms with Crippen molar-refractivity contribution in [2.24, 2.45) is 0 Å². The van der Waals surface area contributed by atoms with Crippen molar-refractivity contribution in [3.63, 3.8) is 0 Å². The van der Waals surface area contributed by atoms with Gasteiger partial charge in [-0.1, -0.05) is 0 Å². The second kappa shape index (κ2) is 4.92. The summed E-state index contributed by atoms with van der Waals surface area (Å²) in [6.07, 6.45) is 0. The zero-order chi connectivity index (χ0) is 10.8. The molecule has 1 fully saturated rings. The van der Waals surface area contributed by atoms with Crippen LogP contribution in [0.4, 0.5) is 0 Å². The van der Waals surface area contributed by atoms with Gasteiger partial charge in [0.2, 0.25) is 0 Å². The molecule has 0 aromatic heterocycles. The van der Waals surface area contributed by atoms with Crippen molar-refractivity contribution in [1.82, 2.24) is 9.96 Å². The van der Waals surface area contributed by atoms with Gasteiger partial charge in [-0.3, -0.25) is 4.90 Å². The zero-order valence-corrected chi connectivity index (χ0v) is 10.0. The van der Waals surface area contributed by atoms with E-state index in [0.717, 1.165) is 13.1 Å². The maximum absolute atomic E-state index is 10.7. The number of hydrogen-bond donors (Lipinski definition) is 1. The van der Waals surface area contributed by atoms with Crippen molar-refractivity contribution >= 4 is 18.2 Å². The first kappa shape index (κ1) is 12.4. The Morgan fingerprint density at radius 3 is 2.21 bits per heavy atom. The first-order chi connectivity index (χ1) is 6.38. The molecule has 0 radical (unpaired) electrons. The van der Waals surface area contributed by atoms with E-state index in [1.165, 1.54) is 5.06 Å². The number of hydroxylamine groups is 2. The predicted molar refractivity (Wildman–Crippen MR) is 55.0 cm³/mol. The average molecular weight is 243 g/mol. The molecule has 7 heteroatoms. The van der Waals surface area contributed by atoms with Crippen molar-refractivity contribution in [3.05, 3.63) is 0 Å². The van der Waals surface area contributed by atoms with E-state index in [2.05, 4.69) is 23.4 Å². The lowest BCUT2D eigenvalue weighted by Gasteiger charge is -2.35. The normalized spacial score (nSPS) is 25.2. The van der Waals surface area contributed by atoms with E-state index in [-0.39, 0.29) is 0 Å². The number of piperazine rings is 1. The molecule has 1 aliphatic rings. The molecular weight excluding hydrogens is 227 g/mol. The van der Waals surface area contributed by atoms with Crippen LogP contribution in [0.3, 0.4) is 0 Å². The van der Waals surface area contributed by atoms with Gasteiger partial charge < -0.3 is 4.89 Å². The molecule has 84 valence electrons. The molecule has 1 unspecified atom stereocenters. The van der Waals surface area contributed by atoms with Gasteiger partial charge >= 0.3 is 6.95 Å². The first-order valence-corrected chi connectivity index (χ1v) is 7.08. The van der Waals surface area contributed by atoms with Crippen molar-refractivity contribution < 1.29 is 14.1 Å². The Bertz CT molecular complexity index is 225. The van der Waals surface area contributed by atoms with Crippen LogP contribution in [-0.2, 0) is 9.19 Å². The van der Waals surface area contributed by atoms with Crippen molar-refractivity contribution in [1.29, 1.82) is 0 Å². The minimum absolute atomic E-state index is 0.495. The van der Waals surface area contributed by atoms with E-state index >= 15 is 0 Å². The largest absolute Gasteiger partial charge is 0.438 e. The van der Waals surface area contributed by atoms with Crippen LogP contribution in [-0.4, -0.2) is 47.1 Å². The van der Waals surface area contributed by atoms with E-state index < -0.39 is 6.95 Å². The van der Waals surface area contributed by atoms with Gasteiger partial charge in [0.25, 0.3) is 0 Å². The second-order valence-electron chi connectivity index (χ2n) is 3.59. The van der Waals surface area contributed by atoms with Crippen LogP contribution in [0.15, 0.2) is 0 Å². The summed E-state index contributed by atoms with van der Waals surface area (Å²) in [5, 5.41) is 1.45.